The minimum absolute atomic E-state index is 0.347. The van der Waals surface area contributed by atoms with E-state index in [0.717, 1.165) is 24.2 Å². The number of rotatable bonds is 5. The standard InChI is InChI=1S/C21H19NO3S/c23-21(24)19-5-8-22-12-16(19)2-1-14-6-9-25-20-11-15(3-4-18(14)20)17-7-10-26-13-17/h3-5,7-8,10-14H,1-2,6,9H2,(H,23,24). The Morgan fingerprint density at radius 3 is 3.00 bits per heavy atom. The van der Waals surface area contributed by atoms with E-state index in [1.54, 1.807) is 23.6 Å². The number of carboxylic acids is 1. The van der Waals surface area contributed by atoms with Gasteiger partial charge in [0.05, 0.1) is 12.2 Å². The highest BCUT2D eigenvalue weighted by molar-refractivity contribution is 7.08. The summed E-state index contributed by atoms with van der Waals surface area (Å²) in [6.45, 7) is 0.698. The van der Waals surface area contributed by atoms with Gasteiger partial charge in [-0.1, -0.05) is 12.1 Å². The predicted molar refractivity (Wildman–Crippen MR) is 102 cm³/mol. The van der Waals surface area contributed by atoms with Crippen LogP contribution in [0.25, 0.3) is 11.1 Å². The Morgan fingerprint density at radius 1 is 1.27 bits per heavy atom. The summed E-state index contributed by atoms with van der Waals surface area (Å²) in [5.41, 5.74) is 4.75. The van der Waals surface area contributed by atoms with Crippen molar-refractivity contribution >= 4 is 17.3 Å². The summed E-state index contributed by atoms with van der Waals surface area (Å²) >= 11 is 1.69. The molecule has 1 aliphatic heterocycles. The molecule has 2 aromatic heterocycles. The fourth-order valence-corrected chi connectivity index (χ4v) is 4.20. The smallest absolute Gasteiger partial charge is 0.336 e. The second kappa shape index (κ2) is 7.30. The summed E-state index contributed by atoms with van der Waals surface area (Å²) in [4.78, 5) is 15.5. The molecule has 1 aliphatic rings. The zero-order valence-corrected chi connectivity index (χ0v) is 15.0. The van der Waals surface area contributed by atoms with Crippen molar-refractivity contribution in [3.8, 4) is 16.9 Å². The van der Waals surface area contributed by atoms with Gasteiger partial charge >= 0.3 is 5.97 Å². The molecule has 4 nitrogen and oxygen atoms in total. The Labute approximate surface area is 156 Å². The number of aryl methyl sites for hydroxylation is 1. The quantitative estimate of drug-likeness (QED) is 0.691. The van der Waals surface area contributed by atoms with E-state index in [2.05, 4.69) is 40.0 Å². The lowest BCUT2D eigenvalue weighted by atomic mass is 9.86. The zero-order chi connectivity index (χ0) is 17.9. The number of thiophene rings is 1. The molecule has 132 valence electrons. The third-order valence-corrected chi connectivity index (χ3v) is 5.61. The Bertz CT molecular complexity index is 921. The highest BCUT2D eigenvalue weighted by Crippen LogP contribution is 2.39. The van der Waals surface area contributed by atoms with E-state index in [0.29, 0.717) is 24.5 Å². The molecule has 3 heterocycles. The molecule has 0 bridgehead atoms. The molecule has 1 unspecified atom stereocenters. The molecular formula is C21H19NO3S. The molecule has 0 radical (unpaired) electrons. The van der Waals surface area contributed by atoms with E-state index in [4.69, 9.17) is 4.74 Å². The normalized spacial score (nSPS) is 15.9. The van der Waals surface area contributed by atoms with Crippen LogP contribution in [0.5, 0.6) is 5.75 Å². The lowest BCUT2D eigenvalue weighted by Crippen LogP contribution is -2.15. The van der Waals surface area contributed by atoms with E-state index >= 15 is 0 Å². The molecule has 5 heteroatoms. The van der Waals surface area contributed by atoms with Crippen molar-refractivity contribution in [2.24, 2.45) is 0 Å². The van der Waals surface area contributed by atoms with Gasteiger partial charge < -0.3 is 9.84 Å². The molecule has 0 amide bonds. The van der Waals surface area contributed by atoms with Gasteiger partial charge in [0.15, 0.2) is 0 Å². The number of aromatic nitrogens is 1. The number of hydrogen-bond donors (Lipinski definition) is 1. The van der Waals surface area contributed by atoms with Gasteiger partial charge in [-0.05, 0) is 76.4 Å². The fraction of sp³-hybridized carbons (Fsp3) is 0.238. The average Bonchev–Trinajstić information content (AvgIpc) is 3.21. The van der Waals surface area contributed by atoms with E-state index < -0.39 is 5.97 Å². The number of ether oxygens (including phenoxy) is 1. The lowest BCUT2D eigenvalue weighted by molar-refractivity contribution is 0.0695. The number of nitrogens with zero attached hydrogens (tertiary/aromatic N) is 1. The highest BCUT2D eigenvalue weighted by Gasteiger charge is 2.22. The highest BCUT2D eigenvalue weighted by atomic mass is 32.1. The topological polar surface area (TPSA) is 59.4 Å². The van der Waals surface area contributed by atoms with Gasteiger partial charge in [-0.2, -0.15) is 11.3 Å². The zero-order valence-electron chi connectivity index (χ0n) is 14.2. The van der Waals surface area contributed by atoms with Crippen molar-refractivity contribution in [2.45, 2.75) is 25.2 Å². The first-order valence-corrected chi connectivity index (χ1v) is 9.62. The Morgan fingerprint density at radius 2 is 2.19 bits per heavy atom. The first-order chi connectivity index (χ1) is 12.7. The van der Waals surface area contributed by atoms with Gasteiger partial charge in [0.2, 0.25) is 0 Å². The van der Waals surface area contributed by atoms with Crippen molar-refractivity contribution in [1.29, 1.82) is 0 Å². The van der Waals surface area contributed by atoms with Crippen molar-refractivity contribution in [3.63, 3.8) is 0 Å². The first-order valence-electron chi connectivity index (χ1n) is 8.68. The summed E-state index contributed by atoms with van der Waals surface area (Å²) < 4.78 is 5.90. The molecule has 0 saturated heterocycles. The van der Waals surface area contributed by atoms with Crippen LogP contribution in [-0.2, 0) is 6.42 Å². The number of pyridine rings is 1. The van der Waals surface area contributed by atoms with Gasteiger partial charge in [-0.15, -0.1) is 0 Å². The second-order valence-corrected chi connectivity index (χ2v) is 7.26. The van der Waals surface area contributed by atoms with E-state index in [9.17, 15) is 9.90 Å². The maximum atomic E-state index is 11.4. The number of carbonyl (C=O) groups is 1. The van der Waals surface area contributed by atoms with Gasteiger partial charge in [0.1, 0.15) is 5.75 Å². The number of benzene rings is 1. The molecule has 1 atom stereocenters. The SMILES string of the molecule is O=C(O)c1ccncc1CCC1CCOc2cc(-c3ccsc3)ccc21. The van der Waals surface area contributed by atoms with Gasteiger partial charge in [0.25, 0.3) is 0 Å². The molecule has 0 spiro atoms. The molecular weight excluding hydrogens is 346 g/mol. The summed E-state index contributed by atoms with van der Waals surface area (Å²) in [7, 11) is 0. The minimum atomic E-state index is -0.893. The van der Waals surface area contributed by atoms with Crippen LogP contribution < -0.4 is 4.74 Å². The third-order valence-electron chi connectivity index (χ3n) is 4.93. The van der Waals surface area contributed by atoms with Crippen molar-refractivity contribution in [2.75, 3.05) is 6.61 Å². The summed E-state index contributed by atoms with van der Waals surface area (Å²) in [6, 6.07) is 10.1. The van der Waals surface area contributed by atoms with Crippen LogP contribution in [0.15, 0.2) is 53.5 Å². The maximum Gasteiger partial charge on any atom is 0.336 e. The Kier molecular flexibility index (Phi) is 4.71. The number of aromatic carboxylic acids is 1. The fourth-order valence-electron chi connectivity index (χ4n) is 3.54. The predicted octanol–water partition coefficient (Wildman–Crippen LogP) is 5.01. The largest absolute Gasteiger partial charge is 0.493 e. The van der Waals surface area contributed by atoms with Crippen LogP contribution in [0.3, 0.4) is 0 Å². The molecule has 1 aromatic carbocycles. The molecule has 0 fully saturated rings. The van der Waals surface area contributed by atoms with Gasteiger partial charge in [0, 0.05) is 12.4 Å². The summed E-state index contributed by atoms with van der Waals surface area (Å²) in [6.07, 6.45) is 5.74. The summed E-state index contributed by atoms with van der Waals surface area (Å²) in [5.74, 6) is 0.432. The molecule has 3 aromatic rings. The second-order valence-electron chi connectivity index (χ2n) is 6.48. The van der Waals surface area contributed by atoms with Crippen LogP contribution in [0.4, 0.5) is 0 Å². The molecule has 1 N–H and O–H groups in total. The van der Waals surface area contributed by atoms with E-state index in [-0.39, 0.29) is 0 Å². The van der Waals surface area contributed by atoms with Gasteiger partial charge in [-0.3, -0.25) is 4.98 Å². The molecule has 4 rings (SSSR count). The third kappa shape index (κ3) is 3.35. The van der Waals surface area contributed by atoms with Crippen molar-refractivity contribution < 1.29 is 14.6 Å². The molecule has 0 saturated carbocycles. The van der Waals surface area contributed by atoms with Gasteiger partial charge in [-0.25, -0.2) is 4.79 Å². The number of carboxylic acid groups (broad SMARTS) is 1. The monoisotopic (exact) mass is 365 g/mol. The average molecular weight is 365 g/mol. The molecule has 0 aliphatic carbocycles. The van der Waals surface area contributed by atoms with Crippen LogP contribution in [0.1, 0.15) is 40.2 Å². The molecule has 26 heavy (non-hydrogen) atoms. The van der Waals surface area contributed by atoms with Crippen LogP contribution in [0.2, 0.25) is 0 Å². The first kappa shape index (κ1) is 16.8. The Balaban J connectivity index is 1.54. The van der Waals surface area contributed by atoms with Crippen LogP contribution in [0, 0.1) is 0 Å². The van der Waals surface area contributed by atoms with Crippen molar-refractivity contribution in [3.05, 3.63) is 70.2 Å². The van der Waals surface area contributed by atoms with Crippen molar-refractivity contribution in [1.82, 2.24) is 4.98 Å². The van der Waals surface area contributed by atoms with E-state index in [1.165, 1.54) is 22.9 Å². The lowest BCUT2D eigenvalue weighted by Gasteiger charge is -2.26. The minimum Gasteiger partial charge on any atom is -0.493 e. The number of fused-ring (bicyclic) bond motifs is 1. The number of hydrogen-bond acceptors (Lipinski definition) is 4. The Hall–Kier alpha value is -2.66. The summed E-state index contributed by atoms with van der Waals surface area (Å²) in [5, 5.41) is 13.5. The van der Waals surface area contributed by atoms with E-state index in [1.807, 2.05) is 0 Å². The van der Waals surface area contributed by atoms with Crippen LogP contribution >= 0.6 is 11.3 Å². The maximum absolute atomic E-state index is 11.4. The van der Waals surface area contributed by atoms with Crippen LogP contribution in [-0.4, -0.2) is 22.7 Å².